The summed E-state index contributed by atoms with van der Waals surface area (Å²) >= 11 is 0. The number of halogens is 3. The van der Waals surface area contributed by atoms with Crippen LogP contribution in [0.2, 0.25) is 0 Å². The van der Waals surface area contributed by atoms with E-state index in [9.17, 15) is 28.4 Å². The molecule has 0 amide bonds. The van der Waals surface area contributed by atoms with Crippen LogP contribution in [0.25, 0.3) is 0 Å². The van der Waals surface area contributed by atoms with Crippen LogP contribution in [-0.2, 0) is 13.7 Å². The van der Waals surface area contributed by atoms with Crippen LogP contribution in [0.3, 0.4) is 0 Å². The van der Waals surface area contributed by atoms with Crippen LogP contribution in [0, 0.1) is 0 Å². The lowest BCUT2D eigenvalue weighted by Crippen LogP contribution is -2.42. The normalized spacial score (nSPS) is 14.9. The maximum atomic E-state index is 13.0. The van der Waals surface area contributed by atoms with Crippen LogP contribution in [0.15, 0.2) is 91.0 Å². The largest absolute Gasteiger partial charge is 0.412 e. The van der Waals surface area contributed by atoms with E-state index in [0.717, 1.165) is 0 Å². The van der Waals surface area contributed by atoms with E-state index < -0.39 is 22.1 Å². The van der Waals surface area contributed by atoms with Crippen molar-refractivity contribution in [3.63, 3.8) is 0 Å². The highest BCUT2D eigenvalue weighted by Gasteiger charge is 2.26. The molecule has 3 rings (SSSR count). The van der Waals surface area contributed by atoms with Gasteiger partial charge in [0, 0.05) is 55.2 Å². The zero-order valence-electron chi connectivity index (χ0n) is 26.9. The van der Waals surface area contributed by atoms with E-state index in [1.165, 1.54) is 0 Å². The van der Waals surface area contributed by atoms with Crippen molar-refractivity contribution in [2.75, 3.05) is 79.3 Å². The van der Waals surface area contributed by atoms with Crippen LogP contribution in [0.4, 0.5) is 0 Å². The molecule has 3 atom stereocenters. The van der Waals surface area contributed by atoms with Crippen molar-refractivity contribution in [1.82, 2.24) is 19.6 Å². The fourth-order valence-electron chi connectivity index (χ4n) is 4.69. The van der Waals surface area contributed by atoms with Gasteiger partial charge in [0.25, 0.3) is 0 Å². The third-order valence-corrected chi connectivity index (χ3v) is 13.1. The molecule has 0 fully saturated rings. The standard InChI is InChI=1S/C30H45N4O6P3.3ClH.H2O/c1-31(25-41(35,36)28-13-7-4-8-14-28)19-22-34(23-20-32(2)26-42(37,38)29-15-9-5-10-16-29)24-21-33(3)27-43(39,40)30-17-11-6-12-18-30;;;;/h4-18H,19-27H2,1-3H3,(H,35,36)(H,37,38)(H,39,40);3*1H;1H2. The molecule has 0 aliphatic rings. The lowest BCUT2D eigenvalue weighted by atomic mass is 10.4. The minimum absolute atomic E-state index is 0. The molecule has 268 valence electrons. The Bertz CT molecular complexity index is 1250. The minimum Gasteiger partial charge on any atom is -0.412 e. The molecule has 5 N–H and O–H groups in total. The van der Waals surface area contributed by atoms with Crippen LogP contribution >= 0.6 is 59.3 Å². The van der Waals surface area contributed by atoms with E-state index >= 15 is 0 Å². The molecule has 0 aliphatic carbocycles. The zero-order chi connectivity index (χ0) is 31.5. The lowest BCUT2D eigenvalue weighted by molar-refractivity contribution is 0.192. The molecule has 3 aromatic carbocycles. The average Bonchev–Trinajstić information content (AvgIpc) is 2.97. The molecule has 0 radical (unpaired) electrons. The Morgan fingerprint density at radius 3 is 0.872 bits per heavy atom. The molecule has 0 saturated heterocycles. The first-order valence-corrected chi connectivity index (χ1v) is 19.7. The molecule has 3 unspecified atom stereocenters. The predicted molar refractivity (Wildman–Crippen MR) is 202 cm³/mol. The smallest absolute Gasteiger partial charge is 0.243 e. The van der Waals surface area contributed by atoms with Crippen molar-refractivity contribution in [3.05, 3.63) is 91.0 Å². The van der Waals surface area contributed by atoms with Gasteiger partial charge in [0.05, 0.1) is 18.9 Å². The first-order valence-electron chi connectivity index (χ1n) is 14.2. The Hall–Kier alpha value is -1.10. The van der Waals surface area contributed by atoms with Crippen molar-refractivity contribution in [2.24, 2.45) is 0 Å². The van der Waals surface area contributed by atoms with E-state index in [1.807, 2.05) is 54.0 Å². The highest BCUT2D eigenvalue weighted by atomic mass is 35.5. The molecule has 17 heteroatoms. The lowest BCUT2D eigenvalue weighted by Gasteiger charge is -2.30. The number of hydrogen-bond donors (Lipinski definition) is 3. The molecule has 0 aliphatic heterocycles. The van der Waals surface area contributed by atoms with Gasteiger partial charge in [-0.3, -0.25) is 33.3 Å². The van der Waals surface area contributed by atoms with Gasteiger partial charge >= 0.3 is 0 Å². The van der Waals surface area contributed by atoms with Crippen LogP contribution in [0.5, 0.6) is 0 Å². The van der Waals surface area contributed by atoms with E-state index in [1.54, 1.807) is 72.8 Å². The van der Waals surface area contributed by atoms with E-state index in [4.69, 9.17) is 0 Å². The van der Waals surface area contributed by atoms with Crippen LogP contribution in [-0.4, -0.2) is 119 Å². The summed E-state index contributed by atoms with van der Waals surface area (Å²) in [7, 11) is -5.23. The van der Waals surface area contributed by atoms with E-state index in [-0.39, 0.29) is 61.6 Å². The van der Waals surface area contributed by atoms with Crippen molar-refractivity contribution in [1.29, 1.82) is 0 Å². The molecule has 11 nitrogen and oxygen atoms in total. The second kappa shape index (κ2) is 22.6. The first kappa shape index (κ1) is 48.0. The number of benzene rings is 3. The second-order valence-corrected chi connectivity index (χ2v) is 17.7. The van der Waals surface area contributed by atoms with Crippen molar-refractivity contribution < 1.29 is 33.9 Å². The molecular formula is C30H50Cl3N4O7P3. The van der Waals surface area contributed by atoms with Gasteiger partial charge in [0.2, 0.25) is 22.1 Å². The van der Waals surface area contributed by atoms with Crippen molar-refractivity contribution in [2.45, 2.75) is 0 Å². The Labute approximate surface area is 297 Å². The highest BCUT2D eigenvalue weighted by Crippen LogP contribution is 2.41. The Balaban J connectivity index is 0. The van der Waals surface area contributed by atoms with E-state index in [0.29, 0.717) is 55.2 Å². The molecule has 0 heterocycles. The summed E-state index contributed by atoms with van der Waals surface area (Å²) in [5.74, 6) is 0. The second-order valence-electron chi connectivity index (χ2n) is 11.1. The highest BCUT2D eigenvalue weighted by molar-refractivity contribution is 7.66. The third kappa shape index (κ3) is 16.4. The summed E-state index contributed by atoms with van der Waals surface area (Å²) in [6.45, 7) is 3.31. The number of nitrogens with zero attached hydrogens (tertiary/aromatic N) is 4. The molecule has 3 aromatic rings. The summed E-state index contributed by atoms with van der Waals surface area (Å²) in [6, 6.07) is 25.9. The average molecular weight is 778 g/mol. The Morgan fingerprint density at radius 2 is 0.660 bits per heavy atom. The maximum Gasteiger partial charge on any atom is 0.243 e. The summed E-state index contributed by atoms with van der Waals surface area (Å²) in [6.07, 6.45) is 0.0423. The number of hydrogen-bond acceptors (Lipinski definition) is 7. The fraction of sp³-hybridized carbons (Fsp3) is 0.400. The van der Waals surface area contributed by atoms with Crippen molar-refractivity contribution >= 4 is 75.2 Å². The Kier molecular flexibility index (Phi) is 23.1. The van der Waals surface area contributed by atoms with Gasteiger partial charge in [-0.25, -0.2) is 0 Å². The number of likely N-dealkylation sites (N-methyl/N-ethyl adjacent to an activating group) is 3. The van der Waals surface area contributed by atoms with Gasteiger partial charge in [-0.15, -0.1) is 37.2 Å². The van der Waals surface area contributed by atoms with Gasteiger partial charge < -0.3 is 20.2 Å². The predicted octanol–water partition coefficient (Wildman–Crippen LogP) is 3.18. The third-order valence-electron chi connectivity index (χ3n) is 7.17. The van der Waals surface area contributed by atoms with E-state index in [2.05, 4.69) is 4.90 Å². The Morgan fingerprint density at radius 1 is 0.447 bits per heavy atom. The number of rotatable bonds is 18. The van der Waals surface area contributed by atoms with Gasteiger partial charge in [0.1, 0.15) is 0 Å². The summed E-state index contributed by atoms with van der Waals surface area (Å²) in [5, 5.41) is 1.25. The molecule has 0 saturated carbocycles. The topological polar surface area (TPSA) is 156 Å². The van der Waals surface area contributed by atoms with Crippen LogP contribution in [0.1, 0.15) is 0 Å². The summed E-state index contributed by atoms with van der Waals surface area (Å²) in [5.41, 5.74) is 0. The zero-order valence-corrected chi connectivity index (χ0v) is 32.1. The summed E-state index contributed by atoms with van der Waals surface area (Å²) in [4.78, 5) is 39.7. The van der Waals surface area contributed by atoms with Gasteiger partial charge in [0.15, 0.2) is 0 Å². The molecule has 0 aromatic heterocycles. The quantitative estimate of drug-likeness (QED) is 0.164. The monoisotopic (exact) mass is 776 g/mol. The minimum atomic E-state index is -3.56. The van der Waals surface area contributed by atoms with Gasteiger partial charge in [-0.05, 0) is 57.5 Å². The molecule has 47 heavy (non-hydrogen) atoms. The molecular weight excluding hydrogens is 728 g/mol. The molecule has 0 bridgehead atoms. The molecule has 0 spiro atoms. The maximum absolute atomic E-state index is 13.0. The van der Waals surface area contributed by atoms with Gasteiger partial charge in [-0.1, -0.05) is 54.6 Å². The summed E-state index contributed by atoms with van der Waals surface area (Å²) < 4.78 is 39.0. The van der Waals surface area contributed by atoms with Crippen molar-refractivity contribution in [3.8, 4) is 0 Å². The fourth-order valence-corrected chi connectivity index (χ4v) is 9.48. The SMILES string of the molecule is CN(CCN(CCN(C)CP(=O)(O)c1ccccc1)CCN(C)CP(=O)(O)c1ccccc1)CP(=O)(O)c1ccccc1.Cl.Cl.Cl.O. The van der Waals surface area contributed by atoms with Crippen LogP contribution < -0.4 is 15.9 Å². The van der Waals surface area contributed by atoms with Gasteiger partial charge in [-0.2, -0.15) is 0 Å². The first-order chi connectivity index (χ1) is 20.3.